The average Bonchev–Trinajstić information content (AvgIpc) is 3.04. The Labute approximate surface area is 177 Å². The molecule has 4 rings (SSSR count). The number of rotatable bonds is 5. The fraction of sp³-hybridized carbons (Fsp3) is 0.500. The number of carbonyl (C=O) groups is 1. The molecule has 30 heavy (non-hydrogen) atoms. The second kappa shape index (κ2) is 9.84. The Morgan fingerprint density at radius 2 is 1.57 bits per heavy atom. The van der Waals surface area contributed by atoms with E-state index in [1.54, 1.807) is 12.4 Å². The minimum absolute atomic E-state index is 0.203. The zero-order valence-electron chi connectivity index (χ0n) is 17.3. The van der Waals surface area contributed by atoms with Crippen LogP contribution in [-0.2, 0) is 4.79 Å². The summed E-state index contributed by atoms with van der Waals surface area (Å²) in [6.07, 6.45) is 5.09. The number of carbonyl (C=O) groups excluding carboxylic acids is 1. The molecule has 0 N–H and O–H groups in total. The Morgan fingerprint density at radius 3 is 2.30 bits per heavy atom. The van der Waals surface area contributed by atoms with E-state index in [2.05, 4.69) is 24.7 Å². The molecular weight excluding hydrogens is 383 g/mol. The highest BCUT2D eigenvalue weighted by molar-refractivity contribution is 5.76. The molecule has 0 bridgehead atoms. The Balaban J connectivity index is 1.20. The molecule has 0 radical (unpaired) electrons. The van der Waals surface area contributed by atoms with Crippen LogP contribution in [0.4, 0.5) is 16.0 Å². The van der Waals surface area contributed by atoms with Gasteiger partial charge in [0, 0.05) is 76.9 Å². The summed E-state index contributed by atoms with van der Waals surface area (Å²) in [5, 5.41) is 0. The van der Waals surface area contributed by atoms with Gasteiger partial charge in [0.15, 0.2) is 0 Å². The molecule has 1 aromatic carbocycles. The molecule has 0 atom stereocenters. The number of amides is 1. The lowest BCUT2D eigenvalue weighted by molar-refractivity contribution is -0.131. The number of nitrogens with zero attached hydrogens (tertiary/aromatic N) is 6. The molecule has 8 heteroatoms. The molecule has 0 unspecified atom stereocenters. The first kappa shape index (κ1) is 20.5. The largest absolute Gasteiger partial charge is 0.370 e. The van der Waals surface area contributed by atoms with Crippen LogP contribution < -0.4 is 9.80 Å². The number of hydrogen-bond donors (Lipinski definition) is 0. The Hall–Kier alpha value is -2.74. The highest BCUT2D eigenvalue weighted by Gasteiger charge is 2.23. The Morgan fingerprint density at radius 1 is 0.867 bits per heavy atom. The number of aromatic nitrogens is 2. The highest BCUT2D eigenvalue weighted by atomic mass is 19.1. The molecule has 2 saturated heterocycles. The maximum Gasteiger partial charge on any atom is 0.225 e. The molecule has 1 amide bonds. The second-order valence-electron chi connectivity index (χ2n) is 7.83. The van der Waals surface area contributed by atoms with Gasteiger partial charge < -0.3 is 19.6 Å². The third kappa shape index (κ3) is 5.24. The van der Waals surface area contributed by atoms with Crippen molar-refractivity contribution in [2.45, 2.75) is 12.8 Å². The van der Waals surface area contributed by atoms with Gasteiger partial charge in [-0.05, 0) is 43.3 Å². The molecule has 160 valence electrons. The van der Waals surface area contributed by atoms with Crippen molar-refractivity contribution in [1.82, 2.24) is 19.8 Å². The number of hydrogen-bond acceptors (Lipinski definition) is 6. The van der Waals surface area contributed by atoms with Crippen LogP contribution in [0.25, 0.3) is 0 Å². The summed E-state index contributed by atoms with van der Waals surface area (Å²) in [4.78, 5) is 30.0. The highest BCUT2D eigenvalue weighted by Crippen LogP contribution is 2.17. The van der Waals surface area contributed by atoms with Crippen molar-refractivity contribution in [2.24, 2.45) is 0 Å². The van der Waals surface area contributed by atoms with Crippen LogP contribution in [0.3, 0.4) is 0 Å². The molecule has 0 saturated carbocycles. The van der Waals surface area contributed by atoms with Crippen molar-refractivity contribution in [1.29, 1.82) is 0 Å². The maximum atomic E-state index is 13.2. The number of halogens is 1. The quantitative estimate of drug-likeness (QED) is 0.747. The van der Waals surface area contributed by atoms with Gasteiger partial charge in [-0.3, -0.25) is 4.79 Å². The van der Waals surface area contributed by atoms with Gasteiger partial charge in [-0.1, -0.05) is 0 Å². The van der Waals surface area contributed by atoms with Crippen molar-refractivity contribution in [3.63, 3.8) is 0 Å². The van der Waals surface area contributed by atoms with E-state index in [1.807, 2.05) is 23.1 Å². The van der Waals surface area contributed by atoms with Crippen LogP contribution in [0, 0.1) is 5.82 Å². The summed E-state index contributed by atoms with van der Waals surface area (Å²) < 4.78 is 13.2. The van der Waals surface area contributed by atoms with Crippen LogP contribution in [-0.4, -0.2) is 84.6 Å². The van der Waals surface area contributed by atoms with Gasteiger partial charge in [0.05, 0.1) is 0 Å². The lowest BCUT2D eigenvalue weighted by Gasteiger charge is -2.35. The summed E-state index contributed by atoms with van der Waals surface area (Å²) in [5.41, 5.74) is 1.06. The van der Waals surface area contributed by atoms with Crippen LogP contribution >= 0.6 is 0 Å². The predicted octanol–water partition coefficient (Wildman–Crippen LogP) is 1.87. The molecular formula is C22H29FN6O. The molecule has 2 aliphatic rings. The van der Waals surface area contributed by atoms with Gasteiger partial charge in [-0.25, -0.2) is 14.4 Å². The van der Waals surface area contributed by atoms with E-state index in [9.17, 15) is 9.18 Å². The third-order valence-corrected chi connectivity index (χ3v) is 5.89. The zero-order chi connectivity index (χ0) is 20.8. The Kier molecular flexibility index (Phi) is 6.74. The predicted molar refractivity (Wildman–Crippen MR) is 115 cm³/mol. The lowest BCUT2D eigenvalue weighted by Crippen LogP contribution is -2.49. The first-order chi connectivity index (χ1) is 14.7. The van der Waals surface area contributed by atoms with E-state index in [0.717, 1.165) is 77.0 Å². The number of benzene rings is 1. The van der Waals surface area contributed by atoms with Gasteiger partial charge in [0.2, 0.25) is 11.9 Å². The van der Waals surface area contributed by atoms with Gasteiger partial charge in [0.1, 0.15) is 5.82 Å². The average molecular weight is 413 g/mol. The normalized spacial score (nSPS) is 18.4. The topological polar surface area (TPSA) is 55.8 Å². The van der Waals surface area contributed by atoms with E-state index < -0.39 is 0 Å². The number of piperazine rings is 1. The van der Waals surface area contributed by atoms with E-state index in [4.69, 9.17) is 0 Å². The van der Waals surface area contributed by atoms with E-state index in [1.165, 1.54) is 12.1 Å². The molecule has 0 aliphatic carbocycles. The molecule has 1 aromatic heterocycles. The van der Waals surface area contributed by atoms with Crippen molar-refractivity contribution >= 4 is 17.5 Å². The van der Waals surface area contributed by atoms with Crippen LogP contribution in [0.5, 0.6) is 0 Å². The first-order valence-corrected chi connectivity index (χ1v) is 10.7. The summed E-state index contributed by atoms with van der Waals surface area (Å²) in [6, 6.07) is 8.52. The van der Waals surface area contributed by atoms with Crippen molar-refractivity contribution < 1.29 is 9.18 Å². The summed E-state index contributed by atoms with van der Waals surface area (Å²) >= 11 is 0. The lowest BCUT2D eigenvalue weighted by atomic mass is 10.2. The fourth-order valence-electron chi connectivity index (χ4n) is 4.13. The molecule has 2 fully saturated rings. The van der Waals surface area contributed by atoms with Crippen molar-refractivity contribution in [2.75, 3.05) is 68.7 Å². The first-order valence-electron chi connectivity index (χ1n) is 10.7. The summed E-state index contributed by atoms with van der Waals surface area (Å²) in [6.45, 7) is 7.53. The van der Waals surface area contributed by atoms with Gasteiger partial charge >= 0.3 is 0 Å². The van der Waals surface area contributed by atoms with E-state index >= 15 is 0 Å². The minimum Gasteiger partial charge on any atom is -0.370 e. The van der Waals surface area contributed by atoms with Crippen LogP contribution in [0.2, 0.25) is 0 Å². The van der Waals surface area contributed by atoms with Gasteiger partial charge in [-0.15, -0.1) is 0 Å². The molecule has 3 heterocycles. The minimum atomic E-state index is -0.203. The second-order valence-corrected chi connectivity index (χ2v) is 7.83. The molecule has 0 spiro atoms. The smallest absolute Gasteiger partial charge is 0.225 e. The Bertz CT molecular complexity index is 810. The van der Waals surface area contributed by atoms with Crippen molar-refractivity contribution in [3.8, 4) is 0 Å². The van der Waals surface area contributed by atoms with Gasteiger partial charge in [0.25, 0.3) is 0 Å². The van der Waals surface area contributed by atoms with Crippen molar-refractivity contribution in [3.05, 3.63) is 48.5 Å². The van der Waals surface area contributed by atoms with Gasteiger partial charge in [-0.2, -0.15) is 0 Å². The van der Waals surface area contributed by atoms with Crippen LogP contribution in [0.1, 0.15) is 12.8 Å². The van der Waals surface area contributed by atoms with E-state index in [0.29, 0.717) is 6.42 Å². The monoisotopic (exact) mass is 412 g/mol. The number of anilines is 2. The van der Waals surface area contributed by atoms with E-state index in [-0.39, 0.29) is 11.7 Å². The zero-order valence-corrected chi connectivity index (χ0v) is 17.3. The maximum absolute atomic E-state index is 13.2. The SMILES string of the molecule is O=C(CCN1CCCN(c2ccc(F)cc2)CC1)N1CCN(c2ncccn2)CC1. The summed E-state index contributed by atoms with van der Waals surface area (Å²) in [5.74, 6) is 0.758. The standard InChI is InChI=1S/C22H29FN6O/c23-19-3-5-20(6-4-19)27-11-2-10-26(13-14-27)12-7-21(30)28-15-17-29(18-16-28)22-24-8-1-9-25-22/h1,3-6,8-9H,2,7,10-18H2. The fourth-order valence-corrected chi connectivity index (χ4v) is 4.13. The summed E-state index contributed by atoms with van der Waals surface area (Å²) in [7, 11) is 0. The molecule has 2 aromatic rings. The molecule has 2 aliphatic heterocycles. The van der Waals surface area contributed by atoms with Crippen LogP contribution in [0.15, 0.2) is 42.7 Å². The molecule has 7 nitrogen and oxygen atoms in total. The third-order valence-electron chi connectivity index (χ3n) is 5.89.